The van der Waals surface area contributed by atoms with Gasteiger partial charge in [0, 0.05) is 11.3 Å². The molecule has 3 nitrogen and oxygen atoms in total. The van der Waals surface area contributed by atoms with Crippen LogP contribution in [-0.4, -0.2) is 12.9 Å². The zero-order valence-corrected chi connectivity index (χ0v) is 13.5. The van der Waals surface area contributed by atoms with Crippen LogP contribution < -0.4 is 10.1 Å². The molecule has 0 radical (unpaired) electrons. The van der Waals surface area contributed by atoms with Gasteiger partial charge in [-0.3, -0.25) is 4.79 Å². The maximum Gasteiger partial charge on any atom is 0.189 e. The van der Waals surface area contributed by atoms with Gasteiger partial charge in [0.05, 0.1) is 7.11 Å². The van der Waals surface area contributed by atoms with Gasteiger partial charge in [-0.25, -0.2) is 0 Å². The zero-order valence-electron chi connectivity index (χ0n) is 13.5. The number of carbonyl (C=O) groups is 1. The van der Waals surface area contributed by atoms with Gasteiger partial charge < -0.3 is 10.1 Å². The lowest BCUT2D eigenvalue weighted by Gasteiger charge is -2.19. The van der Waals surface area contributed by atoms with Crippen LogP contribution in [0.1, 0.15) is 22.0 Å². The van der Waals surface area contributed by atoms with Crippen molar-refractivity contribution in [2.75, 3.05) is 12.4 Å². The maximum absolute atomic E-state index is 13.0. The number of nitrogens with one attached hydrogen (secondary N) is 1. The molecule has 0 amide bonds. The van der Waals surface area contributed by atoms with E-state index in [0.29, 0.717) is 5.56 Å². The molecule has 0 aliphatic rings. The molecule has 0 saturated heterocycles. The Kier molecular flexibility index (Phi) is 4.92. The van der Waals surface area contributed by atoms with E-state index in [1.165, 1.54) is 0 Å². The largest absolute Gasteiger partial charge is 0.497 e. The average molecular weight is 317 g/mol. The second-order valence-corrected chi connectivity index (χ2v) is 5.45. The van der Waals surface area contributed by atoms with Crippen LogP contribution in [0.2, 0.25) is 0 Å². The van der Waals surface area contributed by atoms with Crippen molar-refractivity contribution in [1.29, 1.82) is 0 Å². The van der Waals surface area contributed by atoms with Crippen molar-refractivity contribution in [2.45, 2.75) is 6.04 Å². The summed E-state index contributed by atoms with van der Waals surface area (Å²) in [5, 5.41) is 3.34. The van der Waals surface area contributed by atoms with Crippen LogP contribution in [0.25, 0.3) is 0 Å². The molecule has 0 aromatic heterocycles. The molecule has 3 rings (SSSR count). The summed E-state index contributed by atoms with van der Waals surface area (Å²) in [5.74, 6) is 0.823. The molecular weight excluding hydrogens is 298 g/mol. The number of hydrogen-bond donors (Lipinski definition) is 1. The first-order valence-corrected chi connectivity index (χ1v) is 7.83. The number of carbonyl (C=O) groups excluding carboxylic acids is 1. The van der Waals surface area contributed by atoms with Gasteiger partial charge in [-0.05, 0) is 29.8 Å². The fraction of sp³-hybridized carbons (Fsp3) is 0.0952. The van der Waals surface area contributed by atoms with Gasteiger partial charge in [0.15, 0.2) is 5.78 Å². The lowest BCUT2D eigenvalue weighted by Crippen LogP contribution is -2.21. The van der Waals surface area contributed by atoms with Gasteiger partial charge in [-0.1, -0.05) is 60.7 Å². The van der Waals surface area contributed by atoms with Crippen molar-refractivity contribution in [3.8, 4) is 5.75 Å². The van der Waals surface area contributed by atoms with Gasteiger partial charge in [0.25, 0.3) is 0 Å². The summed E-state index contributed by atoms with van der Waals surface area (Å²) in [5.41, 5.74) is 2.49. The maximum atomic E-state index is 13.0. The second-order valence-electron chi connectivity index (χ2n) is 5.45. The van der Waals surface area contributed by atoms with Gasteiger partial charge >= 0.3 is 0 Å². The number of ether oxygens (including phenoxy) is 1. The van der Waals surface area contributed by atoms with Crippen molar-refractivity contribution in [2.24, 2.45) is 0 Å². The number of rotatable bonds is 6. The monoisotopic (exact) mass is 317 g/mol. The van der Waals surface area contributed by atoms with Crippen molar-refractivity contribution in [3.05, 3.63) is 96.1 Å². The Morgan fingerprint density at radius 2 is 1.42 bits per heavy atom. The van der Waals surface area contributed by atoms with Crippen molar-refractivity contribution in [3.63, 3.8) is 0 Å². The summed E-state index contributed by atoms with van der Waals surface area (Å²) in [7, 11) is 1.63. The average Bonchev–Trinajstić information content (AvgIpc) is 2.67. The van der Waals surface area contributed by atoms with Crippen LogP contribution in [0.5, 0.6) is 5.75 Å². The summed E-state index contributed by atoms with van der Waals surface area (Å²) < 4.78 is 5.18. The number of anilines is 1. The van der Waals surface area contributed by atoms with Gasteiger partial charge in [-0.2, -0.15) is 0 Å². The predicted octanol–water partition coefficient (Wildman–Crippen LogP) is 4.73. The van der Waals surface area contributed by atoms with Crippen LogP contribution in [0.3, 0.4) is 0 Å². The molecule has 1 atom stereocenters. The number of methoxy groups -OCH3 is 1. The Morgan fingerprint density at radius 3 is 2.00 bits per heavy atom. The fourth-order valence-electron chi connectivity index (χ4n) is 2.57. The molecule has 0 aliphatic heterocycles. The SMILES string of the molecule is COc1ccc(N[C@H](C(=O)c2ccccc2)c2ccccc2)cc1. The first-order valence-electron chi connectivity index (χ1n) is 7.83. The molecule has 3 aromatic rings. The minimum Gasteiger partial charge on any atom is -0.497 e. The Morgan fingerprint density at radius 1 is 0.833 bits per heavy atom. The highest BCUT2D eigenvalue weighted by molar-refractivity contribution is 6.02. The molecule has 1 N–H and O–H groups in total. The molecule has 3 aromatic carbocycles. The van der Waals surface area contributed by atoms with Crippen LogP contribution >= 0.6 is 0 Å². The van der Waals surface area contributed by atoms with Crippen LogP contribution in [0.15, 0.2) is 84.9 Å². The summed E-state index contributed by atoms with van der Waals surface area (Å²) in [6.45, 7) is 0. The van der Waals surface area contributed by atoms with Gasteiger partial charge in [0.1, 0.15) is 11.8 Å². The van der Waals surface area contributed by atoms with Crippen LogP contribution in [0.4, 0.5) is 5.69 Å². The molecule has 0 saturated carbocycles. The quantitative estimate of drug-likeness (QED) is 0.668. The molecular formula is C21H19NO2. The standard InChI is InChI=1S/C21H19NO2/c1-24-19-14-12-18(13-15-19)22-20(16-8-4-2-5-9-16)21(23)17-10-6-3-7-11-17/h2-15,20,22H,1H3/t20-/m0/s1. The minimum absolute atomic E-state index is 0.0395. The van der Waals surface area contributed by atoms with E-state index in [0.717, 1.165) is 17.0 Å². The van der Waals surface area contributed by atoms with E-state index in [9.17, 15) is 4.79 Å². The Labute approximate surface area is 141 Å². The van der Waals surface area contributed by atoms with Gasteiger partial charge in [0.2, 0.25) is 0 Å². The number of hydrogen-bond acceptors (Lipinski definition) is 3. The lowest BCUT2D eigenvalue weighted by atomic mass is 9.97. The fourth-order valence-corrected chi connectivity index (χ4v) is 2.57. The summed E-state index contributed by atoms with van der Waals surface area (Å²) >= 11 is 0. The van der Waals surface area contributed by atoms with E-state index in [2.05, 4.69) is 5.32 Å². The van der Waals surface area contributed by atoms with E-state index in [4.69, 9.17) is 4.74 Å². The van der Waals surface area contributed by atoms with Gasteiger partial charge in [-0.15, -0.1) is 0 Å². The topological polar surface area (TPSA) is 38.3 Å². The third kappa shape index (κ3) is 3.63. The molecule has 120 valence electrons. The molecule has 0 fully saturated rings. The Balaban J connectivity index is 1.91. The molecule has 0 aliphatic carbocycles. The van der Waals surface area contributed by atoms with Crippen molar-refractivity contribution < 1.29 is 9.53 Å². The summed E-state index contributed by atoms with van der Waals surface area (Å²) in [6, 6.07) is 26.2. The minimum atomic E-state index is -0.443. The number of benzene rings is 3. The number of Topliss-reactive ketones (excluding diaryl/α,β-unsaturated/α-hetero) is 1. The smallest absolute Gasteiger partial charge is 0.189 e. The van der Waals surface area contributed by atoms with E-state index in [1.807, 2.05) is 84.9 Å². The normalized spacial score (nSPS) is 11.5. The third-order valence-electron chi connectivity index (χ3n) is 3.85. The first-order chi connectivity index (χ1) is 11.8. The molecule has 24 heavy (non-hydrogen) atoms. The molecule has 0 bridgehead atoms. The summed E-state index contributed by atoms with van der Waals surface area (Å²) in [6.07, 6.45) is 0. The zero-order chi connectivity index (χ0) is 16.8. The lowest BCUT2D eigenvalue weighted by molar-refractivity contribution is 0.0969. The molecule has 0 heterocycles. The highest BCUT2D eigenvalue weighted by Crippen LogP contribution is 2.25. The van der Waals surface area contributed by atoms with Crippen molar-refractivity contribution in [1.82, 2.24) is 0 Å². The highest BCUT2D eigenvalue weighted by Gasteiger charge is 2.21. The van der Waals surface area contributed by atoms with E-state index in [-0.39, 0.29) is 5.78 Å². The van der Waals surface area contributed by atoms with E-state index in [1.54, 1.807) is 7.11 Å². The third-order valence-corrected chi connectivity index (χ3v) is 3.85. The molecule has 0 spiro atoms. The second kappa shape index (κ2) is 7.47. The summed E-state index contributed by atoms with van der Waals surface area (Å²) in [4.78, 5) is 13.0. The Hall–Kier alpha value is -3.07. The highest BCUT2D eigenvalue weighted by atomic mass is 16.5. The molecule has 3 heteroatoms. The molecule has 0 unspecified atom stereocenters. The first kappa shape index (κ1) is 15.8. The predicted molar refractivity (Wildman–Crippen MR) is 96.6 cm³/mol. The van der Waals surface area contributed by atoms with E-state index < -0.39 is 6.04 Å². The van der Waals surface area contributed by atoms with Crippen LogP contribution in [0, 0.1) is 0 Å². The number of ketones is 1. The Bertz CT molecular complexity index is 783. The van der Waals surface area contributed by atoms with Crippen molar-refractivity contribution >= 4 is 11.5 Å². The van der Waals surface area contributed by atoms with Crippen LogP contribution in [-0.2, 0) is 0 Å². The van der Waals surface area contributed by atoms with E-state index >= 15 is 0 Å².